The Labute approximate surface area is 192 Å². The molecule has 0 spiro atoms. The molecule has 1 fully saturated rings. The summed E-state index contributed by atoms with van der Waals surface area (Å²) in [4.78, 5) is 54.6. The van der Waals surface area contributed by atoms with E-state index < -0.39 is 34.5 Å². The van der Waals surface area contributed by atoms with Crippen LogP contribution in [0.5, 0.6) is 0 Å². The van der Waals surface area contributed by atoms with Crippen LogP contribution in [0.2, 0.25) is 0 Å². The van der Waals surface area contributed by atoms with E-state index in [1.807, 2.05) is 0 Å². The minimum atomic E-state index is -1.75. The molecule has 1 aromatic heterocycles. The number of nitro benzene ring substituents is 1. The summed E-state index contributed by atoms with van der Waals surface area (Å²) in [5, 5.41) is 11.9. The summed E-state index contributed by atoms with van der Waals surface area (Å²) in [6, 6.07) is 6.36. The first kappa shape index (κ1) is 20.7. The van der Waals surface area contributed by atoms with Gasteiger partial charge in [0, 0.05) is 17.2 Å². The monoisotopic (exact) mass is 462 g/mol. The Morgan fingerprint density at radius 1 is 1.35 bits per heavy atom. The van der Waals surface area contributed by atoms with Gasteiger partial charge in [0.1, 0.15) is 6.61 Å². The van der Waals surface area contributed by atoms with E-state index in [4.69, 9.17) is 14.2 Å². The molecule has 0 bridgehead atoms. The molecule has 6 rings (SSSR count). The minimum Gasteiger partial charge on any atom is -0.457 e. The van der Waals surface area contributed by atoms with Crippen LogP contribution in [0.15, 0.2) is 41.5 Å². The smallest absolute Gasteiger partial charge is 0.355 e. The first-order valence-corrected chi connectivity index (χ1v) is 10.9. The molecule has 0 N–H and O–H groups in total. The van der Waals surface area contributed by atoms with E-state index in [0.717, 1.165) is 0 Å². The third kappa shape index (κ3) is 2.78. The van der Waals surface area contributed by atoms with E-state index in [-0.39, 0.29) is 31.1 Å². The second kappa shape index (κ2) is 7.04. The molecule has 34 heavy (non-hydrogen) atoms. The van der Waals surface area contributed by atoms with Gasteiger partial charge >= 0.3 is 11.9 Å². The van der Waals surface area contributed by atoms with Crippen LogP contribution in [0.25, 0.3) is 16.5 Å². The highest BCUT2D eigenvalue weighted by Crippen LogP contribution is 2.48. The van der Waals surface area contributed by atoms with Gasteiger partial charge in [0.25, 0.3) is 5.69 Å². The fourth-order valence-corrected chi connectivity index (χ4v) is 5.07. The fourth-order valence-electron chi connectivity index (χ4n) is 5.07. The molecule has 2 unspecified atom stereocenters. The maximum Gasteiger partial charge on any atom is 0.355 e. The van der Waals surface area contributed by atoms with E-state index in [9.17, 15) is 24.5 Å². The van der Waals surface area contributed by atoms with Gasteiger partial charge in [0.2, 0.25) is 5.60 Å². The molecule has 2 aliphatic heterocycles. The van der Waals surface area contributed by atoms with Gasteiger partial charge in [-0.15, -0.1) is 0 Å². The highest BCUT2D eigenvalue weighted by Gasteiger charge is 2.55. The van der Waals surface area contributed by atoms with Crippen molar-refractivity contribution < 1.29 is 33.5 Å². The van der Waals surface area contributed by atoms with Crippen molar-refractivity contribution in [3.63, 3.8) is 0 Å². The fraction of sp³-hybridized carbons (Fsp3) is 0.333. The molecule has 0 saturated carbocycles. The summed E-state index contributed by atoms with van der Waals surface area (Å²) in [5.74, 6) is -2.19. The first-order valence-electron chi connectivity index (χ1n) is 10.9. The standard InChI is InChI=1S/C24H18N2O8/c1-2-24(34-22(28)19-10-32-19)16-8-12-13(21(27)15(16)9-33-23(24)29)6-11-7-14-17(25-20(11)12)4-3-5-18(14)26(30)31/h3-5,7-8,13,19H,2,6,9-10H2,1H3/t13?,19?,24-/m0/s1. The number of rotatable bonds is 4. The van der Waals surface area contributed by atoms with Crippen molar-refractivity contribution in [2.45, 2.75) is 31.5 Å². The van der Waals surface area contributed by atoms with Crippen LogP contribution >= 0.6 is 0 Å². The SMILES string of the molecule is CC[C@@]1(OC(=O)C2CO2)C(=O)OCC2=C1C=C1c3nc4cccc([N+](=O)[O-])c4cc3CC1C2=O. The Bertz CT molecular complexity index is 1400. The number of carbonyl (C=O) groups excluding carboxylic acids is 3. The highest BCUT2D eigenvalue weighted by atomic mass is 16.7. The normalized spacial score (nSPS) is 26.9. The summed E-state index contributed by atoms with van der Waals surface area (Å²) in [7, 11) is 0. The number of ketones is 1. The molecule has 4 aliphatic rings. The number of hydrogen-bond acceptors (Lipinski definition) is 9. The largest absolute Gasteiger partial charge is 0.457 e. The number of hydrogen-bond donors (Lipinski definition) is 0. The number of cyclic esters (lactones) is 1. The Morgan fingerprint density at radius 3 is 2.85 bits per heavy atom. The van der Waals surface area contributed by atoms with Crippen LogP contribution in [0.3, 0.4) is 0 Å². The number of carbonyl (C=O) groups is 3. The molecule has 1 saturated heterocycles. The van der Waals surface area contributed by atoms with E-state index in [1.165, 1.54) is 6.07 Å². The Morgan fingerprint density at radius 2 is 2.15 bits per heavy atom. The maximum absolute atomic E-state index is 13.5. The average Bonchev–Trinajstić information content (AvgIpc) is 3.62. The van der Waals surface area contributed by atoms with Crippen LogP contribution in [0.4, 0.5) is 5.69 Å². The molecule has 1 aromatic carbocycles. The predicted octanol–water partition coefficient (Wildman–Crippen LogP) is 2.23. The summed E-state index contributed by atoms with van der Waals surface area (Å²) in [6.07, 6.45) is 1.40. The third-order valence-electron chi connectivity index (χ3n) is 6.90. The summed E-state index contributed by atoms with van der Waals surface area (Å²) in [5.41, 5.74) is 1.11. The second-order valence-corrected chi connectivity index (χ2v) is 8.71. The molecule has 3 atom stereocenters. The Balaban J connectivity index is 1.51. The van der Waals surface area contributed by atoms with Gasteiger partial charge in [-0.2, -0.15) is 0 Å². The lowest BCUT2D eigenvalue weighted by Gasteiger charge is -2.38. The van der Waals surface area contributed by atoms with Crippen LogP contribution in [-0.4, -0.2) is 52.5 Å². The lowest BCUT2D eigenvalue weighted by molar-refractivity contribution is -0.383. The molecule has 10 nitrogen and oxygen atoms in total. The van der Waals surface area contributed by atoms with Gasteiger partial charge in [-0.1, -0.05) is 13.0 Å². The van der Waals surface area contributed by atoms with E-state index in [1.54, 1.807) is 31.2 Å². The number of aromatic nitrogens is 1. The van der Waals surface area contributed by atoms with Crippen molar-refractivity contribution in [1.82, 2.24) is 4.98 Å². The maximum atomic E-state index is 13.5. The second-order valence-electron chi connectivity index (χ2n) is 8.71. The van der Waals surface area contributed by atoms with Crippen molar-refractivity contribution in [2.75, 3.05) is 13.2 Å². The number of benzene rings is 1. The predicted molar refractivity (Wildman–Crippen MR) is 115 cm³/mol. The van der Waals surface area contributed by atoms with Crippen molar-refractivity contribution in [2.24, 2.45) is 5.92 Å². The molecule has 2 aromatic rings. The lowest BCUT2D eigenvalue weighted by atomic mass is 9.75. The zero-order valence-corrected chi connectivity index (χ0v) is 18.0. The third-order valence-corrected chi connectivity index (χ3v) is 6.90. The van der Waals surface area contributed by atoms with Crippen LogP contribution < -0.4 is 0 Å². The van der Waals surface area contributed by atoms with E-state index in [0.29, 0.717) is 45.3 Å². The number of esters is 2. The van der Waals surface area contributed by atoms with Gasteiger partial charge in [0.15, 0.2) is 11.9 Å². The topological polar surface area (TPSA) is 138 Å². The van der Waals surface area contributed by atoms with Crippen LogP contribution in [-0.2, 0) is 35.0 Å². The molecule has 0 radical (unpaired) electrons. The van der Waals surface area contributed by atoms with Crippen LogP contribution in [0, 0.1) is 16.0 Å². The van der Waals surface area contributed by atoms with Gasteiger partial charge in [-0.3, -0.25) is 14.9 Å². The number of non-ortho nitro benzene ring substituents is 1. The van der Waals surface area contributed by atoms with Crippen molar-refractivity contribution in [3.05, 3.63) is 62.9 Å². The highest BCUT2D eigenvalue weighted by molar-refractivity contribution is 6.12. The van der Waals surface area contributed by atoms with Gasteiger partial charge < -0.3 is 14.2 Å². The number of epoxide rings is 1. The van der Waals surface area contributed by atoms with E-state index in [2.05, 4.69) is 4.98 Å². The quantitative estimate of drug-likeness (QED) is 0.290. The molecule has 10 heteroatoms. The molecule has 0 amide bonds. The van der Waals surface area contributed by atoms with Gasteiger partial charge in [-0.05, 0) is 42.2 Å². The number of allylic oxidation sites excluding steroid dienone is 1. The number of Topliss-reactive ketones (excluding diaryl/α,β-unsaturated/α-hetero) is 1. The lowest BCUT2D eigenvalue weighted by Crippen LogP contribution is -2.51. The minimum absolute atomic E-state index is 0.0569. The molecular weight excluding hydrogens is 444 g/mol. The average molecular weight is 462 g/mol. The number of fused-ring (bicyclic) bond motifs is 4. The molecule has 2 aliphatic carbocycles. The number of pyridine rings is 1. The van der Waals surface area contributed by atoms with Gasteiger partial charge in [0.05, 0.1) is 34.0 Å². The molecule has 172 valence electrons. The summed E-state index contributed by atoms with van der Waals surface area (Å²) < 4.78 is 15.9. The number of ether oxygens (including phenoxy) is 3. The summed E-state index contributed by atoms with van der Waals surface area (Å²) >= 11 is 0. The van der Waals surface area contributed by atoms with Crippen LogP contribution in [0.1, 0.15) is 24.6 Å². The Hall–Kier alpha value is -3.92. The van der Waals surface area contributed by atoms with Crippen molar-refractivity contribution in [1.29, 1.82) is 0 Å². The first-order chi connectivity index (χ1) is 16.3. The zero-order chi connectivity index (χ0) is 23.8. The van der Waals surface area contributed by atoms with E-state index >= 15 is 0 Å². The van der Waals surface area contributed by atoms with Gasteiger partial charge in [-0.25, -0.2) is 14.6 Å². The van der Waals surface area contributed by atoms with Crippen molar-refractivity contribution in [3.8, 4) is 0 Å². The summed E-state index contributed by atoms with van der Waals surface area (Å²) in [6.45, 7) is 1.70. The molecule has 3 heterocycles. The zero-order valence-electron chi connectivity index (χ0n) is 18.0. The number of nitrogens with zero attached hydrogens (tertiary/aromatic N) is 2. The molecular formula is C24H18N2O8. The number of nitro groups is 1. The van der Waals surface area contributed by atoms with Crippen molar-refractivity contribution >= 4 is 39.9 Å². The Kier molecular flexibility index (Phi) is 4.28.